The zero-order valence-electron chi connectivity index (χ0n) is 29.4. The maximum atomic E-state index is 5.98. The van der Waals surface area contributed by atoms with Crippen LogP contribution in [0.15, 0.2) is 0 Å². The van der Waals surface area contributed by atoms with Crippen molar-refractivity contribution in [2.75, 3.05) is 37.7 Å². The molecular weight excluding hydrogens is 601 g/mol. The molecule has 43 heavy (non-hydrogen) atoms. The van der Waals surface area contributed by atoms with Crippen molar-refractivity contribution in [2.45, 2.75) is 188 Å². The molecule has 0 aromatic carbocycles. The molecule has 0 aliphatic carbocycles. The number of thioether (sulfide) groups is 2. The molecule has 0 bridgehead atoms. The first-order valence-corrected chi connectivity index (χ1v) is 21.7. The van der Waals surface area contributed by atoms with Gasteiger partial charge in [-0.05, 0) is 32.1 Å². The summed E-state index contributed by atoms with van der Waals surface area (Å²) >= 11 is 15.8. The summed E-state index contributed by atoms with van der Waals surface area (Å²) in [6.45, 7) is 13.8. The number of hydrogen-bond donors (Lipinski definition) is 0. The van der Waals surface area contributed by atoms with Crippen LogP contribution in [0.2, 0.25) is 0 Å². The van der Waals surface area contributed by atoms with E-state index in [4.69, 9.17) is 24.4 Å². The second-order valence-corrected chi connectivity index (χ2v) is 16.1. The lowest BCUT2D eigenvalue weighted by Crippen LogP contribution is -2.30. The van der Waals surface area contributed by atoms with Crippen LogP contribution in [0.5, 0.6) is 0 Å². The Hall–Kier alpha value is 0.480. The van der Waals surface area contributed by atoms with Gasteiger partial charge < -0.3 is 9.80 Å². The highest BCUT2D eigenvalue weighted by molar-refractivity contribution is 8.23. The van der Waals surface area contributed by atoms with Gasteiger partial charge in [-0.25, -0.2) is 0 Å². The number of thiocarbonyl (C=S) groups is 2. The van der Waals surface area contributed by atoms with Crippen LogP contribution in [0.4, 0.5) is 0 Å². The van der Waals surface area contributed by atoms with Gasteiger partial charge in [-0.15, -0.1) is 0 Å². The van der Waals surface area contributed by atoms with Crippen molar-refractivity contribution in [1.82, 2.24) is 9.80 Å². The lowest BCUT2D eigenvalue weighted by Gasteiger charge is -2.26. The van der Waals surface area contributed by atoms with Crippen LogP contribution in [0.1, 0.15) is 188 Å². The maximum Gasteiger partial charge on any atom is 0.136 e. The fourth-order valence-electron chi connectivity index (χ4n) is 5.48. The SMILES string of the molecule is CCCCCCCCN(CCCCCCCC)C(=S)SCCCSC(=S)N(CCCCCCCC)CCCCCCCC. The Bertz CT molecular complexity index is 519. The molecule has 0 radical (unpaired) electrons. The average Bonchev–Trinajstić information content (AvgIpc) is 3.01. The summed E-state index contributed by atoms with van der Waals surface area (Å²) < 4.78 is 2.28. The van der Waals surface area contributed by atoms with E-state index in [1.165, 1.54) is 161 Å². The molecule has 0 amide bonds. The van der Waals surface area contributed by atoms with Crippen LogP contribution in [-0.4, -0.2) is 56.1 Å². The van der Waals surface area contributed by atoms with E-state index >= 15 is 0 Å². The standard InChI is InChI=1S/C37H74N2S4/c1-5-9-13-17-21-25-30-38(31-26-22-18-14-10-6-2)36(40)42-34-29-35-43-37(41)39(32-27-23-19-15-11-7-3)33-28-24-20-16-12-8-4/h5-35H2,1-4H3. The molecule has 0 saturated heterocycles. The van der Waals surface area contributed by atoms with Crippen molar-refractivity contribution in [3.8, 4) is 0 Å². The maximum absolute atomic E-state index is 5.98. The summed E-state index contributed by atoms with van der Waals surface area (Å²) in [6, 6.07) is 0. The fourth-order valence-corrected chi connectivity index (χ4v) is 8.19. The lowest BCUT2D eigenvalue weighted by atomic mass is 10.1. The first-order valence-electron chi connectivity index (χ1n) is 18.9. The Kier molecular flexibility index (Phi) is 35.7. The number of hydrogen-bond acceptors (Lipinski definition) is 4. The summed E-state index contributed by atoms with van der Waals surface area (Å²) in [5.41, 5.74) is 0. The molecule has 0 fully saturated rings. The largest absolute Gasteiger partial charge is 0.358 e. The molecule has 0 atom stereocenters. The van der Waals surface area contributed by atoms with E-state index < -0.39 is 0 Å². The second kappa shape index (κ2) is 35.3. The van der Waals surface area contributed by atoms with Crippen molar-refractivity contribution in [1.29, 1.82) is 0 Å². The molecule has 2 nitrogen and oxygen atoms in total. The van der Waals surface area contributed by atoms with Gasteiger partial charge in [-0.2, -0.15) is 0 Å². The fraction of sp³-hybridized carbons (Fsp3) is 0.946. The van der Waals surface area contributed by atoms with E-state index in [1.807, 2.05) is 23.5 Å². The average molecular weight is 675 g/mol. The van der Waals surface area contributed by atoms with Gasteiger partial charge in [0.15, 0.2) is 0 Å². The first kappa shape index (κ1) is 43.5. The van der Waals surface area contributed by atoms with E-state index in [0.717, 1.165) is 46.3 Å². The van der Waals surface area contributed by atoms with Gasteiger partial charge in [0.05, 0.1) is 0 Å². The highest BCUT2D eigenvalue weighted by Crippen LogP contribution is 2.19. The van der Waals surface area contributed by atoms with Gasteiger partial charge in [0.1, 0.15) is 8.64 Å². The zero-order chi connectivity index (χ0) is 31.6. The Morgan fingerprint density at radius 2 is 0.581 bits per heavy atom. The summed E-state index contributed by atoms with van der Waals surface area (Å²) in [5.74, 6) is 2.24. The minimum absolute atomic E-state index is 1.12. The van der Waals surface area contributed by atoms with Crippen molar-refractivity contribution in [3.63, 3.8) is 0 Å². The second-order valence-electron chi connectivity index (χ2n) is 12.6. The van der Waals surface area contributed by atoms with Crippen LogP contribution < -0.4 is 0 Å². The third-order valence-electron chi connectivity index (χ3n) is 8.38. The molecule has 0 heterocycles. The first-order chi connectivity index (χ1) is 21.1. The van der Waals surface area contributed by atoms with Crippen LogP contribution in [-0.2, 0) is 0 Å². The molecule has 0 rings (SSSR count). The summed E-state index contributed by atoms with van der Waals surface area (Å²) in [6.07, 6.45) is 33.6. The predicted octanol–water partition coefficient (Wildman–Crippen LogP) is 13.5. The molecule has 0 unspecified atom stereocenters. The van der Waals surface area contributed by atoms with Gasteiger partial charge in [-0.1, -0.05) is 204 Å². The number of unbranched alkanes of at least 4 members (excludes halogenated alkanes) is 20. The number of rotatable bonds is 32. The molecule has 0 N–H and O–H groups in total. The minimum atomic E-state index is 1.12. The summed E-state index contributed by atoms with van der Waals surface area (Å²) in [5, 5.41) is 0. The molecule has 0 aromatic heterocycles. The molecular formula is C37H74N2S4. The normalized spacial score (nSPS) is 11.3. The highest BCUT2D eigenvalue weighted by atomic mass is 32.2. The molecule has 256 valence electrons. The van der Waals surface area contributed by atoms with E-state index in [2.05, 4.69) is 37.5 Å². The molecule has 0 aromatic rings. The molecule has 0 aliphatic rings. The predicted molar refractivity (Wildman–Crippen MR) is 211 cm³/mol. The van der Waals surface area contributed by atoms with Crippen LogP contribution in [0.25, 0.3) is 0 Å². The van der Waals surface area contributed by atoms with Gasteiger partial charge in [-0.3, -0.25) is 0 Å². The topological polar surface area (TPSA) is 6.48 Å². The Balaban J connectivity index is 4.50. The third kappa shape index (κ3) is 29.6. The van der Waals surface area contributed by atoms with E-state index in [1.54, 1.807) is 0 Å². The van der Waals surface area contributed by atoms with Gasteiger partial charge in [0.2, 0.25) is 0 Å². The van der Waals surface area contributed by atoms with E-state index in [-0.39, 0.29) is 0 Å². The quantitative estimate of drug-likeness (QED) is 0.0514. The molecule has 6 heteroatoms. The van der Waals surface area contributed by atoms with E-state index in [0.29, 0.717) is 0 Å². The van der Waals surface area contributed by atoms with Gasteiger partial charge >= 0.3 is 0 Å². The highest BCUT2D eigenvalue weighted by Gasteiger charge is 2.12. The van der Waals surface area contributed by atoms with Crippen LogP contribution >= 0.6 is 48.0 Å². The Morgan fingerprint density at radius 3 is 0.837 bits per heavy atom. The summed E-state index contributed by atoms with van der Waals surface area (Å²) in [7, 11) is 0. The van der Waals surface area contributed by atoms with Crippen molar-refractivity contribution < 1.29 is 0 Å². The zero-order valence-corrected chi connectivity index (χ0v) is 32.7. The van der Waals surface area contributed by atoms with Gasteiger partial charge in [0, 0.05) is 37.7 Å². The molecule has 0 aliphatic heterocycles. The monoisotopic (exact) mass is 674 g/mol. The summed E-state index contributed by atoms with van der Waals surface area (Å²) in [4.78, 5) is 5.08. The lowest BCUT2D eigenvalue weighted by molar-refractivity contribution is 0.395. The van der Waals surface area contributed by atoms with Crippen LogP contribution in [0.3, 0.4) is 0 Å². The minimum Gasteiger partial charge on any atom is -0.358 e. The van der Waals surface area contributed by atoms with Crippen molar-refractivity contribution in [3.05, 3.63) is 0 Å². The van der Waals surface area contributed by atoms with E-state index in [9.17, 15) is 0 Å². The molecule has 0 spiro atoms. The van der Waals surface area contributed by atoms with Gasteiger partial charge in [0.25, 0.3) is 0 Å². The van der Waals surface area contributed by atoms with Crippen molar-refractivity contribution in [2.24, 2.45) is 0 Å². The Labute approximate surface area is 290 Å². The third-order valence-corrected chi connectivity index (χ3v) is 11.6. The Morgan fingerprint density at radius 1 is 0.349 bits per heavy atom. The van der Waals surface area contributed by atoms with Crippen molar-refractivity contribution >= 4 is 56.6 Å². The smallest absolute Gasteiger partial charge is 0.136 e. The van der Waals surface area contributed by atoms with Crippen LogP contribution in [0, 0.1) is 0 Å². The molecule has 0 saturated carbocycles. The number of nitrogens with zero attached hydrogens (tertiary/aromatic N) is 2.